The molecule has 0 aliphatic heterocycles. The maximum Gasteiger partial charge on any atom is 0.196 e. The van der Waals surface area contributed by atoms with E-state index in [1.54, 1.807) is 0 Å². The fourth-order valence-electron chi connectivity index (χ4n) is 0.508. The summed E-state index contributed by atoms with van der Waals surface area (Å²) in [7, 11) is 1.51. The van der Waals surface area contributed by atoms with E-state index in [0.717, 1.165) is 0 Å². The van der Waals surface area contributed by atoms with Crippen molar-refractivity contribution in [2.24, 2.45) is 0 Å². The van der Waals surface area contributed by atoms with Crippen LogP contribution < -0.4 is 0 Å². The van der Waals surface area contributed by atoms with Gasteiger partial charge in [-0.3, -0.25) is 0 Å². The van der Waals surface area contributed by atoms with Gasteiger partial charge in [0.25, 0.3) is 0 Å². The molecule has 0 amide bonds. The summed E-state index contributed by atoms with van der Waals surface area (Å²) in [6, 6.07) is 0.0139. The van der Waals surface area contributed by atoms with E-state index in [9.17, 15) is 0 Å². The molecule has 0 aliphatic rings. The molecule has 10 heavy (non-hydrogen) atoms. The molecule has 54 valence electrons. The van der Waals surface area contributed by atoms with E-state index < -0.39 is 0 Å². The third kappa shape index (κ3) is 2.04. The largest absolute Gasteiger partial charge is 0.378 e. The van der Waals surface area contributed by atoms with Gasteiger partial charge in [-0.15, -0.1) is 0 Å². The Hall–Kier alpha value is -0.480. The Morgan fingerprint density at radius 1 is 1.90 bits per heavy atom. The van der Waals surface area contributed by atoms with Gasteiger partial charge in [-0.25, -0.2) is 9.97 Å². The average molecular weight is 205 g/mol. The van der Waals surface area contributed by atoms with Gasteiger partial charge in [0.05, 0.1) is 15.0 Å². The van der Waals surface area contributed by atoms with E-state index in [1.165, 1.54) is 7.11 Å². The molecule has 1 rings (SSSR count). The Bertz CT molecular complexity index is 295. The van der Waals surface area contributed by atoms with Crippen molar-refractivity contribution in [1.82, 2.24) is 9.97 Å². The highest BCUT2D eigenvalue weighted by molar-refractivity contribution is 9.10. The molecule has 1 aromatic heterocycles. The van der Waals surface area contributed by atoms with E-state index in [1.807, 2.05) is 0 Å². The molecule has 0 saturated carbocycles. The van der Waals surface area contributed by atoms with E-state index in [2.05, 4.69) is 25.9 Å². The lowest BCUT2D eigenvalue weighted by Crippen LogP contribution is -1.92. The van der Waals surface area contributed by atoms with Crippen LogP contribution in [0.1, 0.15) is 8.44 Å². The van der Waals surface area contributed by atoms with Crippen molar-refractivity contribution >= 4 is 15.9 Å². The van der Waals surface area contributed by atoms with Crippen LogP contribution in [0, 0.1) is 0 Å². The molecule has 0 aromatic carbocycles. The summed E-state index contributed by atoms with van der Waals surface area (Å²) in [5.41, 5.74) is 0.421. The lowest BCUT2D eigenvalue weighted by molar-refractivity contribution is 0.181. The Kier molecular flexibility index (Phi) is 1.89. The van der Waals surface area contributed by atoms with Crippen LogP contribution >= 0.6 is 15.9 Å². The van der Waals surface area contributed by atoms with E-state index in [-0.39, 0.29) is 18.8 Å². The minimum atomic E-state index is -0.0936. The standard InChI is InChI=1S/C6H7BrN2O/c1-10-4-5-2-3-8-6(7)9-5/h2-3H,4H2,1H3/i2D,3D. The predicted octanol–water partition coefficient (Wildman–Crippen LogP) is 1.39. The quantitative estimate of drug-likeness (QED) is 0.684. The molecule has 0 spiro atoms. The second-order valence-electron chi connectivity index (χ2n) is 1.61. The Balaban J connectivity index is 3.09. The van der Waals surface area contributed by atoms with Gasteiger partial charge in [0.15, 0.2) is 4.73 Å². The molecule has 0 radical (unpaired) electrons. The van der Waals surface area contributed by atoms with Gasteiger partial charge in [0.2, 0.25) is 0 Å². The van der Waals surface area contributed by atoms with E-state index in [4.69, 9.17) is 7.48 Å². The third-order valence-electron chi connectivity index (χ3n) is 0.857. The molecule has 0 fully saturated rings. The molecule has 0 bridgehead atoms. The van der Waals surface area contributed by atoms with Crippen molar-refractivity contribution in [3.8, 4) is 0 Å². The number of rotatable bonds is 2. The van der Waals surface area contributed by atoms with Crippen LogP contribution in [-0.4, -0.2) is 17.1 Å². The second-order valence-corrected chi connectivity index (χ2v) is 2.32. The minimum absolute atomic E-state index is 0.0139. The number of ether oxygens (including phenoxy) is 1. The van der Waals surface area contributed by atoms with Crippen LogP contribution in [0.5, 0.6) is 0 Å². The molecule has 0 saturated heterocycles. The Morgan fingerprint density at radius 2 is 2.70 bits per heavy atom. The van der Waals surface area contributed by atoms with Crippen LogP contribution in [0.2, 0.25) is 0 Å². The zero-order valence-corrected chi connectivity index (χ0v) is 6.97. The number of nitrogens with zero attached hydrogens (tertiary/aromatic N) is 2. The van der Waals surface area contributed by atoms with Crippen molar-refractivity contribution in [2.45, 2.75) is 6.61 Å². The molecule has 0 N–H and O–H groups in total. The molecule has 1 aromatic rings. The van der Waals surface area contributed by atoms with Gasteiger partial charge in [0.1, 0.15) is 0 Å². The molecular formula is C6H7BrN2O. The minimum Gasteiger partial charge on any atom is -0.378 e. The molecule has 1 heterocycles. The number of hydrogen-bond donors (Lipinski definition) is 0. The van der Waals surface area contributed by atoms with Gasteiger partial charge >= 0.3 is 0 Å². The Labute approximate surface area is 70.4 Å². The van der Waals surface area contributed by atoms with Crippen LogP contribution in [-0.2, 0) is 11.3 Å². The highest BCUT2D eigenvalue weighted by atomic mass is 79.9. The average Bonchev–Trinajstić information content (AvgIpc) is 2.00. The van der Waals surface area contributed by atoms with Crippen molar-refractivity contribution < 1.29 is 7.48 Å². The summed E-state index contributed by atoms with van der Waals surface area (Å²) < 4.78 is 19.8. The van der Waals surface area contributed by atoms with Crippen molar-refractivity contribution in [3.63, 3.8) is 0 Å². The van der Waals surface area contributed by atoms with Crippen LogP contribution in [0.25, 0.3) is 0 Å². The summed E-state index contributed by atoms with van der Waals surface area (Å²) in [4.78, 5) is 7.54. The number of methoxy groups -OCH3 is 1. The summed E-state index contributed by atoms with van der Waals surface area (Å²) >= 11 is 3.04. The van der Waals surface area contributed by atoms with Crippen molar-refractivity contribution in [2.75, 3.05) is 7.11 Å². The first-order chi connectivity index (χ1) is 5.65. The molecule has 0 unspecified atom stereocenters. The number of halogens is 1. The van der Waals surface area contributed by atoms with E-state index >= 15 is 0 Å². The molecule has 4 heteroatoms. The predicted molar refractivity (Wildman–Crippen MR) is 40.4 cm³/mol. The lowest BCUT2D eigenvalue weighted by Gasteiger charge is -1.96. The monoisotopic (exact) mass is 204 g/mol. The molecular weight excluding hydrogens is 196 g/mol. The number of hydrogen-bond acceptors (Lipinski definition) is 3. The fraction of sp³-hybridized carbons (Fsp3) is 0.333. The van der Waals surface area contributed by atoms with Crippen molar-refractivity contribution in [1.29, 1.82) is 0 Å². The molecule has 0 atom stereocenters. The van der Waals surface area contributed by atoms with Gasteiger partial charge in [0, 0.05) is 13.3 Å². The van der Waals surface area contributed by atoms with Gasteiger partial charge in [-0.1, -0.05) is 0 Å². The maximum atomic E-state index is 7.38. The number of aromatic nitrogens is 2. The normalized spacial score (nSPS) is 12.6. The maximum absolute atomic E-state index is 7.38. The molecule has 3 nitrogen and oxygen atoms in total. The first-order valence-electron chi connectivity index (χ1n) is 3.63. The zero-order chi connectivity index (χ0) is 9.14. The van der Waals surface area contributed by atoms with Gasteiger partial charge in [-0.2, -0.15) is 0 Å². The second kappa shape index (κ2) is 3.63. The van der Waals surface area contributed by atoms with Crippen LogP contribution in [0.3, 0.4) is 0 Å². The van der Waals surface area contributed by atoms with Crippen LogP contribution in [0.15, 0.2) is 16.9 Å². The van der Waals surface area contributed by atoms with Gasteiger partial charge in [-0.05, 0) is 22.0 Å². The first kappa shape index (κ1) is 5.21. The lowest BCUT2D eigenvalue weighted by atomic mass is 10.4. The highest BCUT2D eigenvalue weighted by Crippen LogP contribution is 2.02. The topological polar surface area (TPSA) is 35.0 Å². The zero-order valence-electron chi connectivity index (χ0n) is 7.39. The van der Waals surface area contributed by atoms with Crippen LogP contribution in [0.4, 0.5) is 0 Å². The van der Waals surface area contributed by atoms with E-state index in [0.29, 0.717) is 10.4 Å². The van der Waals surface area contributed by atoms with Crippen molar-refractivity contribution in [3.05, 3.63) is 22.6 Å². The summed E-state index contributed by atoms with van der Waals surface area (Å²) in [6.07, 6.45) is -0.0936. The molecule has 0 aliphatic carbocycles. The highest BCUT2D eigenvalue weighted by Gasteiger charge is 1.93. The first-order valence-corrected chi connectivity index (χ1v) is 3.43. The summed E-state index contributed by atoms with van der Waals surface area (Å²) in [6.45, 7) is 0.228. The Morgan fingerprint density at radius 3 is 3.40 bits per heavy atom. The third-order valence-corrected chi connectivity index (χ3v) is 1.21. The fourth-order valence-corrected chi connectivity index (χ4v) is 0.811. The summed E-state index contributed by atoms with van der Waals surface area (Å²) in [5.74, 6) is 0. The SMILES string of the molecule is [2H]c1nc(Br)nc(COC)c1[2H]. The van der Waals surface area contributed by atoms with Gasteiger partial charge < -0.3 is 4.74 Å². The summed E-state index contributed by atoms with van der Waals surface area (Å²) in [5, 5.41) is 0. The smallest absolute Gasteiger partial charge is 0.196 e.